The average molecular weight is 231 g/mol. The molecular weight excluding hydrogens is 210 g/mol. The maximum absolute atomic E-state index is 5.37. The van der Waals surface area contributed by atoms with E-state index in [9.17, 15) is 0 Å². The molecule has 3 rings (SSSR count). The van der Waals surface area contributed by atoms with Crippen LogP contribution in [0, 0.1) is 0 Å². The molecule has 2 atom stereocenters. The lowest BCUT2D eigenvalue weighted by Gasteiger charge is -2.43. The molecule has 0 N–H and O–H groups in total. The highest BCUT2D eigenvalue weighted by Gasteiger charge is 2.34. The third-order valence-corrected chi connectivity index (χ3v) is 4.47. The first-order valence-corrected chi connectivity index (χ1v) is 6.66. The Hall–Kier alpha value is -1.02. The highest BCUT2D eigenvalue weighted by Crippen LogP contribution is 2.42. The summed E-state index contributed by atoms with van der Waals surface area (Å²) in [5, 5.41) is 0. The fraction of sp³-hybridized carbons (Fsp3) is 0.600. The molecule has 17 heavy (non-hydrogen) atoms. The second-order valence-corrected chi connectivity index (χ2v) is 5.44. The predicted octanol–water partition coefficient (Wildman–Crippen LogP) is 3.17. The Morgan fingerprint density at radius 3 is 2.88 bits per heavy atom. The van der Waals surface area contributed by atoms with Gasteiger partial charge in [0.2, 0.25) is 0 Å². The molecule has 0 spiro atoms. The van der Waals surface area contributed by atoms with Gasteiger partial charge in [-0.3, -0.25) is 4.90 Å². The number of fused-ring (bicyclic) bond motifs is 3. The van der Waals surface area contributed by atoms with Crippen molar-refractivity contribution in [2.24, 2.45) is 0 Å². The van der Waals surface area contributed by atoms with E-state index in [2.05, 4.69) is 30.1 Å². The summed E-state index contributed by atoms with van der Waals surface area (Å²) in [4.78, 5) is 2.54. The molecule has 2 nitrogen and oxygen atoms in total. The zero-order valence-corrected chi connectivity index (χ0v) is 10.8. The molecule has 0 bridgehead atoms. The summed E-state index contributed by atoms with van der Waals surface area (Å²) < 4.78 is 5.37. The van der Waals surface area contributed by atoms with Crippen molar-refractivity contribution in [2.75, 3.05) is 14.2 Å². The molecule has 2 heteroatoms. The summed E-state index contributed by atoms with van der Waals surface area (Å²) in [6.45, 7) is 1.10. The molecule has 1 saturated carbocycles. The van der Waals surface area contributed by atoms with Crippen LogP contribution in [0.25, 0.3) is 0 Å². The van der Waals surface area contributed by atoms with Crippen molar-refractivity contribution < 1.29 is 4.74 Å². The van der Waals surface area contributed by atoms with E-state index in [-0.39, 0.29) is 0 Å². The first-order valence-electron chi connectivity index (χ1n) is 6.66. The van der Waals surface area contributed by atoms with Gasteiger partial charge in [0, 0.05) is 12.6 Å². The maximum atomic E-state index is 5.37. The van der Waals surface area contributed by atoms with Crippen LogP contribution < -0.4 is 4.74 Å². The standard InChI is InChI=1S/C15H21NO/c1-16-10-11-7-8-12(17-2)9-14(11)13-5-3-4-6-15(13)16/h7-9,13,15H,3-6,10H2,1-2H3/t13-,15+/m1/s1. The Balaban J connectivity index is 2.01. The molecule has 0 radical (unpaired) electrons. The molecule has 1 heterocycles. The van der Waals surface area contributed by atoms with Crippen LogP contribution in [-0.2, 0) is 6.54 Å². The van der Waals surface area contributed by atoms with Gasteiger partial charge in [0.05, 0.1) is 7.11 Å². The van der Waals surface area contributed by atoms with Gasteiger partial charge in [0.25, 0.3) is 0 Å². The van der Waals surface area contributed by atoms with Crippen LogP contribution in [0.5, 0.6) is 5.75 Å². The molecule has 1 fully saturated rings. The Bertz CT molecular complexity index is 415. The third-order valence-electron chi connectivity index (χ3n) is 4.47. The van der Waals surface area contributed by atoms with Gasteiger partial charge in [-0.2, -0.15) is 0 Å². The third kappa shape index (κ3) is 1.85. The first-order chi connectivity index (χ1) is 8.29. The van der Waals surface area contributed by atoms with E-state index in [0.29, 0.717) is 0 Å². The minimum absolute atomic E-state index is 0.729. The minimum Gasteiger partial charge on any atom is -0.497 e. The molecule has 0 amide bonds. The van der Waals surface area contributed by atoms with E-state index < -0.39 is 0 Å². The fourth-order valence-electron chi connectivity index (χ4n) is 3.58. The number of hydrogen-bond donors (Lipinski definition) is 0. The Kier molecular flexibility index (Phi) is 2.83. The minimum atomic E-state index is 0.729. The highest BCUT2D eigenvalue weighted by atomic mass is 16.5. The second-order valence-electron chi connectivity index (χ2n) is 5.44. The van der Waals surface area contributed by atoms with E-state index in [1.54, 1.807) is 12.7 Å². The summed E-state index contributed by atoms with van der Waals surface area (Å²) in [7, 11) is 4.03. The van der Waals surface area contributed by atoms with Gasteiger partial charge in [-0.05, 0) is 49.1 Å². The lowest BCUT2D eigenvalue weighted by Crippen LogP contribution is -2.42. The van der Waals surface area contributed by atoms with E-state index in [0.717, 1.165) is 24.3 Å². The lowest BCUT2D eigenvalue weighted by atomic mass is 9.75. The second kappa shape index (κ2) is 4.34. The molecule has 1 aromatic carbocycles. The van der Waals surface area contributed by atoms with Gasteiger partial charge in [0.1, 0.15) is 5.75 Å². The van der Waals surface area contributed by atoms with Crippen molar-refractivity contribution in [2.45, 2.75) is 44.2 Å². The number of likely N-dealkylation sites (N-methyl/N-ethyl adjacent to an activating group) is 1. The van der Waals surface area contributed by atoms with E-state index in [4.69, 9.17) is 4.74 Å². The van der Waals surface area contributed by atoms with Gasteiger partial charge in [-0.25, -0.2) is 0 Å². The van der Waals surface area contributed by atoms with Crippen molar-refractivity contribution in [3.8, 4) is 5.75 Å². The molecule has 1 aromatic rings. The fourth-order valence-corrected chi connectivity index (χ4v) is 3.58. The Morgan fingerprint density at radius 2 is 2.06 bits per heavy atom. The summed E-state index contributed by atoms with van der Waals surface area (Å²) in [5.74, 6) is 1.74. The number of rotatable bonds is 1. The lowest BCUT2D eigenvalue weighted by molar-refractivity contribution is 0.143. The van der Waals surface area contributed by atoms with Crippen molar-refractivity contribution in [3.63, 3.8) is 0 Å². The Morgan fingerprint density at radius 1 is 1.24 bits per heavy atom. The van der Waals surface area contributed by atoms with Crippen LogP contribution in [0.15, 0.2) is 18.2 Å². The van der Waals surface area contributed by atoms with Crippen LogP contribution in [0.2, 0.25) is 0 Å². The van der Waals surface area contributed by atoms with Crippen LogP contribution >= 0.6 is 0 Å². The summed E-state index contributed by atoms with van der Waals surface area (Å²) >= 11 is 0. The van der Waals surface area contributed by atoms with Crippen LogP contribution in [0.3, 0.4) is 0 Å². The number of hydrogen-bond acceptors (Lipinski definition) is 2. The predicted molar refractivity (Wildman–Crippen MR) is 69.5 cm³/mol. The molecule has 2 aliphatic rings. The van der Waals surface area contributed by atoms with Gasteiger partial charge in [0.15, 0.2) is 0 Å². The summed E-state index contributed by atoms with van der Waals surface area (Å²) in [6, 6.07) is 7.36. The molecule has 92 valence electrons. The topological polar surface area (TPSA) is 12.5 Å². The number of methoxy groups -OCH3 is 1. The number of benzene rings is 1. The zero-order valence-electron chi connectivity index (χ0n) is 10.8. The molecule has 0 saturated heterocycles. The molecule has 0 aromatic heterocycles. The smallest absolute Gasteiger partial charge is 0.119 e. The van der Waals surface area contributed by atoms with Gasteiger partial charge in [-0.15, -0.1) is 0 Å². The quantitative estimate of drug-likeness (QED) is 0.736. The van der Waals surface area contributed by atoms with E-state index in [1.807, 2.05) is 0 Å². The summed E-state index contributed by atoms with van der Waals surface area (Å²) in [6.07, 6.45) is 5.48. The van der Waals surface area contributed by atoms with E-state index in [1.165, 1.54) is 31.2 Å². The molecule has 0 unspecified atom stereocenters. The average Bonchev–Trinajstić information content (AvgIpc) is 2.39. The molecule has 1 aliphatic heterocycles. The molecule has 1 aliphatic carbocycles. The van der Waals surface area contributed by atoms with E-state index >= 15 is 0 Å². The summed E-state index contributed by atoms with van der Waals surface area (Å²) in [5.41, 5.74) is 3.05. The highest BCUT2D eigenvalue weighted by molar-refractivity contribution is 5.40. The maximum Gasteiger partial charge on any atom is 0.119 e. The van der Waals surface area contributed by atoms with Crippen LogP contribution in [-0.4, -0.2) is 25.1 Å². The Labute approximate surface area is 104 Å². The SMILES string of the molecule is COc1ccc2c(c1)[C@H]1CCCC[C@@H]1N(C)C2. The van der Waals surface area contributed by atoms with Gasteiger partial charge < -0.3 is 4.74 Å². The van der Waals surface area contributed by atoms with Gasteiger partial charge in [-0.1, -0.05) is 18.9 Å². The van der Waals surface area contributed by atoms with Crippen LogP contribution in [0.1, 0.15) is 42.7 Å². The monoisotopic (exact) mass is 231 g/mol. The zero-order chi connectivity index (χ0) is 11.8. The molecular formula is C15H21NO. The number of ether oxygens (including phenoxy) is 1. The number of nitrogens with zero attached hydrogens (tertiary/aromatic N) is 1. The van der Waals surface area contributed by atoms with Gasteiger partial charge >= 0.3 is 0 Å². The van der Waals surface area contributed by atoms with Crippen molar-refractivity contribution in [1.82, 2.24) is 4.90 Å². The van der Waals surface area contributed by atoms with Crippen molar-refractivity contribution in [3.05, 3.63) is 29.3 Å². The van der Waals surface area contributed by atoms with Crippen LogP contribution in [0.4, 0.5) is 0 Å². The normalized spacial score (nSPS) is 28.4. The van der Waals surface area contributed by atoms with Crippen molar-refractivity contribution in [1.29, 1.82) is 0 Å². The largest absolute Gasteiger partial charge is 0.497 e. The first kappa shape index (κ1) is 11.1. The van der Waals surface area contributed by atoms with Crippen molar-refractivity contribution >= 4 is 0 Å².